The highest BCUT2D eigenvalue weighted by atomic mass is 35.5. The molecule has 0 spiro atoms. The summed E-state index contributed by atoms with van der Waals surface area (Å²) in [6, 6.07) is 8.50. The van der Waals surface area contributed by atoms with Crippen molar-refractivity contribution in [2.75, 3.05) is 26.7 Å². The van der Waals surface area contributed by atoms with Gasteiger partial charge in [-0.25, -0.2) is 0 Å². The van der Waals surface area contributed by atoms with E-state index in [1.165, 1.54) is 12.0 Å². The molecule has 1 unspecified atom stereocenters. The first-order valence-electron chi connectivity index (χ1n) is 6.31. The van der Waals surface area contributed by atoms with Gasteiger partial charge in [0.15, 0.2) is 0 Å². The summed E-state index contributed by atoms with van der Waals surface area (Å²) in [6.45, 7) is 7.58. The highest BCUT2D eigenvalue weighted by Crippen LogP contribution is 2.21. The molecule has 17 heavy (non-hydrogen) atoms. The molecular formula is C14H23ClN2. The van der Waals surface area contributed by atoms with E-state index in [1.807, 2.05) is 18.2 Å². The third-order valence-corrected chi connectivity index (χ3v) is 3.30. The Labute approximate surface area is 110 Å². The van der Waals surface area contributed by atoms with Gasteiger partial charge in [-0.15, -0.1) is 0 Å². The smallest absolute Gasteiger partial charge is 0.0409 e. The summed E-state index contributed by atoms with van der Waals surface area (Å²) in [7, 11) is 2.15. The van der Waals surface area contributed by atoms with E-state index < -0.39 is 0 Å². The second-order valence-corrected chi connectivity index (χ2v) is 4.90. The zero-order valence-electron chi connectivity index (χ0n) is 11.0. The van der Waals surface area contributed by atoms with Crippen molar-refractivity contribution in [2.24, 2.45) is 0 Å². The first-order valence-corrected chi connectivity index (χ1v) is 6.69. The van der Waals surface area contributed by atoms with Crippen LogP contribution in [0.2, 0.25) is 5.02 Å². The number of nitrogens with zero attached hydrogens (tertiary/aromatic N) is 1. The Morgan fingerprint density at radius 1 is 1.35 bits per heavy atom. The molecule has 3 heteroatoms. The summed E-state index contributed by atoms with van der Waals surface area (Å²) >= 11 is 6.01. The van der Waals surface area contributed by atoms with Crippen LogP contribution in [0.4, 0.5) is 0 Å². The van der Waals surface area contributed by atoms with Crippen LogP contribution < -0.4 is 5.32 Å². The summed E-state index contributed by atoms with van der Waals surface area (Å²) in [6.07, 6.45) is 1.19. The lowest BCUT2D eigenvalue weighted by Crippen LogP contribution is -2.31. The van der Waals surface area contributed by atoms with Crippen molar-refractivity contribution in [1.82, 2.24) is 10.2 Å². The van der Waals surface area contributed by atoms with Gasteiger partial charge >= 0.3 is 0 Å². The van der Waals surface area contributed by atoms with Crippen LogP contribution in [0.25, 0.3) is 0 Å². The van der Waals surface area contributed by atoms with Crippen molar-refractivity contribution in [3.05, 3.63) is 34.9 Å². The summed E-state index contributed by atoms with van der Waals surface area (Å²) in [5.41, 5.74) is 1.27. The quantitative estimate of drug-likeness (QED) is 0.751. The summed E-state index contributed by atoms with van der Waals surface area (Å²) in [5, 5.41) is 4.23. The molecule has 0 heterocycles. The molecule has 0 radical (unpaired) electrons. The highest BCUT2D eigenvalue weighted by Gasteiger charge is 2.10. The van der Waals surface area contributed by atoms with Gasteiger partial charge in [0.25, 0.3) is 0 Å². The molecule has 1 rings (SSSR count). The van der Waals surface area contributed by atoms with Crippen LogP contribution in [0.5, 0.6) is 0 Å². The Kier molecular flexibility index (Phi) is 6.56. The zero-order valence-corrected chi connectivity index (χ0v) is 11.8. The zero-order chi connectivity index (χ0) is 12.7. The number of likely N-dealkylation sites (N-methyl/N-ethyl adjacent to an activating group) is 1. The van der Waals surface area contributed by atoms with Crippen molar-refractivity contribution in [3.63, 3.8) is 0 Å². The normalized spacial score (nSPS) is 13.0. The number of rotatable bonds is 7. The van der Waals surface area contributed by atoms with Gasteiger partial charge in [-0.1, -0.05) is 30.7 Å². The van der Waals surface area contributed by atoms with Gasteiger partial charge < -0.3 is 5.32 Å². The Morgan fingerprint density at radius 2 is 2.12 bits per heavy atom. The molecule has 0 saturated heterocycles. The minimum Gasteiger partial charge on any atom is -0.315 e. The van der Waals surface area contributed by atoms with Gasteiger partial charge in [-0.2, -0.15) is 0 Å². The average Bonchev–Trinajstić information content (AvgIpc) is 2.33. The fourth-order valence-electron chi connectivity index (χ4n) is 1.77. The van der Waals surface area contributed by atoms with E-state index >= 15 is 0 Å². The second kappa shape index (κ2) is 7.70. The average molecular weight is 255 g/mol. The lowest BCUT2D eigenvalue weighted by atomic mass is 10.1. The molecule has 0 amide bonds. The molecule has 0 fully saturated rings. The van der Waals surface area contributed by atoms with Gasteiger partial charge in [0, 0.05) is 24.2 Å². The topological polar surface area (TPSA) is 15.3 Å². The number of hydrogen-bond donors (Lipinski definition) is 1. The minimum atomic E-state index is 0.400. The van der Waals surface area contributed by atoms with E-state index in [4.69, 9.17) is 11.6 Å². The fourth-order valence-corrected chi connectivity index (χ4v) is 1.97. The number of nitrogens with one attached hydrogen (secondary N) is 1. The molecule has 1 atom stereocenters. The fraction of sp³-hybridized carbons (Fsp3) is 0.571. The molecule has 0 aliphatic heterocycles. The van der Waals surface area contributed by atoms with Gasteiger partial charge in [-0.05, 0) is 44.6 Å². The van der Waals surface area contributed by atoms with Gasteiger partial charge in [0.05, 0.1) is 0 Å². The largest absolute Gasteiger partial charge is 0.315 e. The van der Waals surface area contributed by atoms with E-state index in [-0.39, 0.29) is 0 Å². The molecule has 1 aromatic rings. The van der Waals surface area contributed by atoms with Crippen molar-refractivity contribution in [1.29, 1.82) is 0 Å². The maximum Gasteiger partial charge on any atom is 0.0409 e. The van der Waals surface area contributed by atoms with Gasteiger partial charge in [0.1, 0.15) is 0 Å². The molecule has 96 valence electrons. The number of benzene rings is 1. The molecule has 0 bridgehead atoms. The Bertz CT molecular complexity index is 328. The van der Waals surface area contributed by atoms with Crippen molar-refractivity contribution >= 4 is 11.6 Å². The van der Waals surface area contributed by atoms with Crippen LogP contribution in [0, 0.1) is 0 Å². The molecule has 0 saturated carbocycles. The van der Waals surface area contributed by atoms with Crippen molar-refractivity contribution in [2.45, 2.75) is 26.3 Å². The van der Waals surface area contributed by atoms with Crippen LogP contribution >= 0.6 is 11.6 Å². The SMILES string of the molecule is CCCNCCN(C)C(C)c1cccc(Cl)c1. The van der Waals surface area contributed by atoms with E-state index in [9.17, 15) is 0 Å². The molecule has 0 aliphatic rings. The van der Waals surface area contributed by atoms with Gasteiger partial charge in [-0.3, -0.25) is 4.90 Å². The van der Waals surface area contributed by atoms with E-state index in [0.29, 0.717) is 6.04 Å². The summed E-state index contributed by atoms with van der Waals surface area (Å²) < 4.78 is 0. The predicted octanol–water partition coefficient (Wildman–Crippen LogP) is 3.33. The Balaban J connectivity index is 2.43. The number of hydrogen-bond acceptors (Lipinski definition) is 2. The first kappa shape index (κ1) is 14.5. The van der Waals surface area contributed by atoms with Crippen molar-refractivity contribution in [3.8, 4) is 0 Å². The second-order valence-electron chi connectivity index (χ2n) is 4.46. The van der Waals surface area contributed by atoms with E-state index in [1.54, 1.807) is 0 Å². The summed E-state index contributed by atoms with van der Waals surface area (Å²) in [4.78, 5) is 2.34. The molecule has 1 N–H and O–H groups in total. The first-order chi connectivity index (χ1) is 8.15. The molecule has 0 aromatic heterocycles. The van der Waals surface area contributed by atoms with Gasteiger partial charge in [0.2, 0.25) is 0 Å². The van der Waals surface area contributed by atoms with Crippen LogP contribution in [0.3, 0.4) is 0 Å². The van der Waals surface area contributed by atoms with Crippen LogP contribution in [-0.2, 0) is 0 Å². The van der Waals surface area contributed by atoms with E-state index in [2.05, 4.69) is 37.2 Å². The van der Waals surface area contributed by atoms with Crippen LogP contribution in [0.1, 0.15) is 31.9 Å². The predicted molar refractivity (Wildman–Crippen MR) is 75.7 cm³/mol. The van der Waals surface area contributed by atoms with Crippen molar-refractivity contribution < 1.29 is 0 Å². The lowest BCUT2D eigenvalue weighted by molar-refractivity contribution is 0.261. The number of halogens is 1. The maximum atomic E-state index is 6.01. The van der Waals surface area contributed by atoms with E-state index in [0.717, 1.165) is 24.7 Å². The molecule has 0 aliphatic carbocycles. The molecular weight excluding hydrogens is 232 g/mol. The van der Waals surface area contributed by atoms with Crippen LogP contribution in [0.15, 0.2) is 24.3 Å². The highest BCUT2D eigenvalue weighted by molar-refractivity contribution is 6.30. The molecule has 1 aromatic carbocycles. The summed E-state index contributed by atoms with van der Waals surface area (Å²) in [5.74, 6) is 0. The monoisotopic (exact) mass is 254 g/mol. The minimum absolute atomic E-state index is 0.400. The van der Waals surface area contributed by atoms with Crippen LogP contribution in [-0.4, -0.2) is 31.6 Å². The maximum absolute atomic E-state index is 6.01. The Morgan fingerprint density at radius 3 is 2.76 bits per heavy atom. The Hall–Kier alpha value is -0.570. The third kappa shape index (κ3) is 5.07. The lowest BCUT2D eigenvalue weighted by Gasteiger charge is -2.25. The standard InChI is InChI=1S/C14H23ClN2/c1-4-8-16-9-10-17(3)12(2)13-6-5-7-14(15)11-13/h5-7,11-12,16H,4,8-10H2,1-3H3. The third-order valence-electron chi connectivity index (χ3n) is 3.06. The molecule has 2 nitrogen and oxygen atoms in total.